The number of hydrogen-bond acceptors (Lipinski definition) is 4. The first-order chi connectivity index (χ1) is 11.6. The van der Waals surface area contributed by atoms with Crippen molar-refractivity contribution < 1.29 is 9.53 Å². The van der Waals surface area contributed by atoms with Gasteiger partial charge < -0.3 is 4.74 Å². The maximum Gasteiger partial charge on any atom is 0.265 e. The van der Waals surface area contributed by atoms with E-state index in [9.17, 15) is 4.79 Å². The fourth-order valence-corrected chi connectivity index (χ4v) is 3.71. The van der Waals surface area contributed by atoms with Crippen LogP contribution in [-0.2, 0) is 4.79 Å². The third-order valence-corrected chi connectivity index (χ3v) is 5.43. The number of carbonyl (C=O) groups excluding carboxylic acids is 1. The van der Waals surface area contributed by atoms with Gasteiger partial charge in [-0.15, -0.1) is 0 Å². The molecule has 0 unspecified atom stereocenters. The Kier molecular flexibility index (Phi) is 5.21. The molecule has 5 heteroatoms. The van der Waals surface area contributed by atoms with E-state index in [-0.39, 0.29) is 5.91 Å². The summed E-state index contributed by atoms with van der Waals surface area (Å²) in [6.45, 7) is 2.81. The van der Waals surface area contributed by atoms with Gasteiger partial charge in [-0.05, 0) is 29.3 Å². The summed E-state index contributed by atoms with van der Waals surface area (Å²) in [5.41, 5.74) is 0.943. The zero-order valence-corrected chi connectivity index (χ0v) is 15.4. The van der Waals surface area contributed by atoms with Crippen molar-refractivity contribution in [3.63, 3.8) is 0 Å². The maximum atomic E-state index is 12.3. The molecule has 1 heterocycles. The first-order valence-corrected chi connectivity index (χ1v) is 9.20. The van der Waals surface area contributed by atoms with Crippen molar-refractivity contribution >= 4 is 51.1 Å². The van der Waals surface area contributed by atoms with E-state index in [0.717, 1.165) is 34.9 Å². The Balaban J connectivity index is 2.08. The molecular formula is C19H19NO2S2. The molecule has 0 spiro atoms. The van der Waals surface area contributed by atoms with Crippen molar-refractivity contribution in [2.24, 2.45) is 0 Å². The molecule has 0 saturated carbocycles. The quantitative estimate of drug-likeness (QED) is 0.435. The first-order valence-electron chi connectivity index (χ1n) is 7.98. The molecule has 1 aliphatic heterocycles. The summed E-state index contributed by atoms with van der Waals surface area (Å²) >= 11 is 6.56. The van der Waals surface area contributed by atoms with Crippen LogP contribution in [0.25, 0.3) is 16.8 Å². The number of hydrogen-bond donors (Lipinski definition) is 0. The van der Waals surface area contributed by atoms with E-state index in [4.69, 9.17) is 17.0 Å². The van der Waals surface area contributed by atoms with Crippen LogP contribution in [0.5, 0.6) is 5.75 Å². The highest BCUT2D eigenvalue weighted by atomic mass is 32.2. The lowest BCUT2D eigenvalue weighted by Gasteiger charge is -2.12. The first kappa shape index (κ1) is 17.0. The van der Waals surface area contributed by atoms with E-state index in [1.807, 2.05) is 24.3 Å². The summed E-state index contributed by atoms with van der Waals surface area (Å²) in [6.07, 6.45) is 3.99. The van der Waals surface area contributed by atoms with E-state index in [2.05, 4.69) is 25.1 Å². The molecule has 2 aromatic carbocycles. The fraction of sp³-hybridized carbons (Fsp3) is 0.263. The predicted octanol–water partition coefficient (Wildman–Crippen LogP) is 4.85. The fourth-order valence-electron chi connectivity index (χ4n) is 2.55. The van der Waals surface area contributed by atoms with Crippen LogP contribution in [0.3, 0.4) is 0 Å². The van der Waals surface area contributed by atoms with Gasteiger partial charge in [-0.25, -0.2) is 0 Å². The molecule has 1 fully saturated rings. The molecule has 0 aliphatic carbocycles. The third-order valence-electron chi connectivity index (χ3n) is 3.95. The number of carbonyl (C=O) groups is 1. The van der Waals surface area contributed by atoms with E-state index in [1.54, 1.807) is 7.05 Å². The summed E-state index contributed by atoms with van der Waals surface area (Å²) in [6, 6.07) is 12.2. The average Bonchev–Trinajstić information content (AvgIpc) is 2.84. The van der Waals surface area contributed by atoms with Crippen LogP contribution in [0.1, 0.15) is 25.3 Å². The topological polar surface area (TPSA) is 29.5 Å². The van der Waals surface area contributed by atoms with E-state index >= 15 is 0 Å². The normalized spacial score (nSPS) is 16.4. The highest BCUT2D eigenvalue weighted by Crippen LogP contribution is 2.36. The number of ether oxygens (including phenoxy) is 1. The third kappa shape index (κ3) is 3.32. The summed E-state index contributed by atoms with van der Waals surface area (Å²) in [5.74, 6) is 0.751. The number of likely N-dealkylation sites (N-methyl/N-ethyl adjacent to an activating group) is 1. The predicted molar refractivity (Wildman–Crippen MR) is 105 cm³/mol. The van der Waals surface area contributed by atoms with Gasteiger partial charge in [0, 0.05) is 12.6 Å². The smallest absolute Gasteiger partial charge is 0.265 e. The zero-order chi connectivity index (χ0) is 17.1. The number of amides is 1. The van der Waals surface area contributed by atoms with Crippen LogP contribution < -0.4 is 4.74 Å². The molecule has 0 N–H and O–H groups in total. The van der Waals surface area contributed by atoms with Gasteiger partial charge in [0.1, 0.15) is 10.1 Å². The molecule has 2 aromatic rings. The number of fused-ring (bicyclic) bond motifs is 1. The highest BCUT2D eigenvalue weighted by Gasteiger charge is 2.29. The van der Waals surface area contributed by atoms with Crippen LogP contribution >= 0.6 is 24.0 Å². The molecule has 1 saturated heterocycles. The second kappa shape index (κ2) is 7.36. The van der Waals surface area contributed by atoms with Crippen molar-refractivity contribution in [1.29, 1.82) is 0 Å². The van der Waals surface area contributed by atoms with Crippen molar-refractivity contribution in [2.75, 3.05) is 13.7 Å². The Morgan fingerprint density at radius 1 is 1.25 bits per heavy atom. The number of benzene rings is 2. The Hall–Kier alpha value is -1.85. The van der Waals surface area contributed by atoms with Crippen LogP contribution in [0, 0.1) is 0 Å². The molecule has 0 aromatic heterocycles. The minimum Gasteiger partial charge on any atom is -0.493 e. The lowest BCUT2D eigenvalue weighted by Crippen LogP contribution is -2.22. The Bertz CT molecular complexity index is 829. The SMILES string of the molecule is CCCCOc1ccc2ccccc2c1/C=C1/SC(=S)N(C)C1=O. The lowest BCUT2D eigenvalue weighted by molar-refractivity contribution is -0.121. The standard InChI is InChI=1S/C19H19NO2S2/c1-3-4-11-22-16-10-9-13-7-5-6-8-14(13)15(16)12-17-18(21)20(2)19(23)24-17/h5-10,12H,3-4,11H2,1-2H3/b17-12+. The average molecular weight is 358 g/mol. The van der Waals surface area contributed by atoms with Crippen molar-refractivity contribution in [3.05, 3.63) is 46.9 Å². The maximum absolute atomic E-state index is 12.3. The summed E-state index contributed by atoms with van der Waals surface area (Å²) in [5, 5.41) is 2.20. The largest absolute Gasteiger partial charge is 0.493 e. The van der Waals surface area contributed by atoms with Gasteiger partial charge in [-0.3, -0.25) is 9.69 Å². The molecular weight excluding hydrogens is 338 g/mol. The van der Waals surface area contributed by atoms with Crippen molar-refractivity contribution in [3.8, 4) is 5.75 Å². The Morgan fingerprint density at radius 3 is 2.75 bits per heavy atom. The second-order valence-electron chi connectivity index (χ2n) is 5.64. The number of nitrogens with zero attached hydrogens (tertiary/aromatic N) is 1. The molecule has 3 nitrogen and oxygen atoms in total. The molecule has 1 amide bonds. The van der Waals surface area contributed by atoms with Gasteiger partial charge in [0.05, 0.1) is 11.5 Å². The molecule has 24 heavy (non-hydrogen) atoms. The molecule has 3 rings (SSSR count). The van der Waals surface area contributed by atoms with Gasteiger partial charge in [-0.1, -0.05) is 67.7 Å². The van der Waals surface area contributed by atoms with Crippen molar-refractivity contribution in [2.45, 2.75) is 19.8 Å². The lowest BCUT2D eigenvalue weighted by atomic mass is 10.0. The highest BCUT2D eigenvalue weighted by molar-refractivity contribution is 8.26. The summed E-state index contributed by atoms with van der Waals surface area (Å²) in [7, 11) is 1.71. The van der Waals surface area contributed by atoms with Crippen LogP contribution in [0.15, 0.2) is 41.3 Å². The molecule has 124 valence electrons. The molecule has 1 aliphatic rings. The minimum absolute atomic E-state index is 0.0579. The van der Waals surface area contributed by atoms with E-state index in [0.29, 0.717) is 15.8 Å². The number of unbranched alkanes of at least 4 members (excludes halogenated alkanes) is 1. The Morgan fingerprint density at radius 2 is 2.04 bits per heavy atom. The van der Waals surface area contributed by atoms with E-state index < -0.39 is 0 Å². The van der Waals surface area contributed by atoms with Crippen LogP contribution in [0.4, 0.5) is 0 Å². The monoisotopic (exact) mass is 357 g/mol. The van der Waals surface area contributed by atoms with Crippen LogP contribution in [-0.4, -0.2) is 28.8 Å². The van der Waals surface area contributed by atoms with Crippen LogP contribution in [0.2, 0.25) is 0 Å². The number of thioether (sulfide) groups is 1. The molecule has 0 radical (unpaired) electrons. The van der Waals surface area contributed by atoms with Gasteiger partial charge >= 0.3 is 0 Å². The van der Waals surface area contributed by atoms with Gasteiger partial charge in [0.15, 0.2) is 0 Å². The van der Waals surface area contributed by atoms with Gasteiger partial charge in [0.2, 0.25) is 0 Å². The van der Waals surface area contributed by atoms with E-state index in [1.165, 1.54) is 16.7 Å². The van der Waals surface area contributed by atoms with Gasteiger partial charge in [-0.2, -0.15) is 0 Å². The van der Waals surface area contributed by atoms with Gasteiger partial charge in [0.25, 0.3) is 5.91 Å². The Labute approximate surface area is 151 Å². The number of rotatable bonds is 5. The number of thiocarbonyl (C=S) groups is 1. The summed E-state index contributed by atoms with van der Waals surface area (Å²) in [4.78, 5) is 14.5. The molecule has 0 atom stereocenters. The second-order valence-corrected chi connectivity index (χ2v) is 7.32. The summed E-state index contributed by atoms with van der Waals surface area (Å²) < 4.78 is 6.56. The van der Waals surface area contributed by atoms with Crippen molar-refractivity contribution in [1.82, 2.24) is 4.90 Å². The molecule has 0 bridgehead atoms. The zero-order valence-electron chi connectivity index (χ0n) is 13.7. The minimum atomic E-state index is -0.0579.